The zero-order valence-corrected chi connectivity index (χ0v) is 14.1. The van der Waals surface area contributed by atoms with Gasteiger partial charge >= 0.3 is 5.97 Å². The molecule has 0 saturated heterocycles. The predicted octanol–water partition coefficient (Wildman–Crippen LogP) is 3.21. The van der Waals surface area contributed by atoms with Crippen LogP contribution in [0.15, 0.2) is 24.3 Å². The molecule has 0 aliphatic heterocycles. The summed E-state index contributed by atoms with van der Waals surface area (Å²) in [5.41, 5.74) is 2.15. The third-order valence-electron chi connectivity index (χ3n) is 3.75. The molecular weight excluding hydrogens is 278 g/mol. The van der Waals surface area contributed by atoms with E-state index in [0.29, 0.717) is 5.92 Å². The smallest absolute Gasteiger partial charge is 0.326 e. The Morgan fingerprint density at radius 2 is 1.59 bits per heavy atom. The standard InChI is InChI=1S/C18H27NO3/c1-11(2)10-14-6-8-15(9-7-14)13(5)17(20)19-16(12(3)4)18(21)22/h6-9,11-13,16H,10H2,1-5H3,(H,19,20)(H,21,22)/t13?,16-/m0/s1. The van der Waals surface area contributed by atoms with Gasteiger partial charge in [0, 0.05) is 0 Å². The Morgan fingerprint density at radius 3 is 2.00 bits per heavy atom. The van der Waals surface area contributed by atoms with Crippen molar-refractivity contribution in [3.8, 4) is 0 Å². The minimum Gasteiger partial charge on any atom is -0.480 e. The minimum atomic E-state index is -0.997. The first kappa shape index (κ1) is 18.2. The van der Waals surface area contributed by atoms with Crippen molar-refractivity contribution < 1.29 is 14.7 Å². The fourth-order valence-corrected chi connectivity index (χ4v) is 2.36. The van der Waals surface area contributed by atoms with Crippen molar-refractivity contribution in [3.63, 3.8) is 0 Å². The van der Waals surface area contributed by atoms with E-state index in [1.54, 1.807) is 20.8 Å². The van der Waals surface area contributed by atoms with Crippen molar-refractivity contribution in [2.24, 2.45) is 11.8 Å². The summed E-state index contributed by atoms with van der Waals surface area (Å²) >= 11 is 0. The number of benzene rings is 1. The highest BCUT2D eigenvalue weighted by atomic mass is 16.4. The number of carboxylic acid groups (broad SMARTS) is 1. The average molecular weight is 305 g/mol. The van der Waals surface area contributed by atoms with E-state index in [9.17, 15) is 9.59 Å². The fourth-order valence-electron chi connectivity index (χ4n) is 2.36. The molecule has 4 nitrogen and oxygen atoms in total. The summed E-state index contributed by atoms with van der Waals surface area (Å²) in [6.07, 6.45) is 1.01. The van der Waals surface area contributed by atoms with Gasteiger partial charge < -0.3 is 10.4 Å². The van der Waals surface area contributed by atoms with Crippen LogP contribution in [-0.4, -0.2) is 23.0 Å². The predicted molar refractivity (Wildman–Crippen MR) is 87.8 cm³/mol. The molecule has 1 aromatic rings. The van der Waals surface area contributed by atoms with Gasteiger partial charge in [-0.25, -0.2) is 4.79 Å². The average Bonchev–Trinajstić information content (AvgIpc) is 2.43. The molecule has 2 N–H and O–H groups in total. The van der Waals surface area contributed by atoms with Gasteiger partial charge in [0.05, 0.1) is 5.92 Å². The minimum absolute atomic E-state index is 0.151. The van der Waals surface area contributed by atoms with Crippen LogP contribution >= 0.6 is 0 Å². The lowest BCUT2D eigenvalue weighted by Crippen LogP contribution is -2.45. The van der Waals surface area contributed by atoms with Crippen LogP contribution in [0.1, 0.15) is 51.7 Å². The monoisotopic (exact) mass is 305 g/mol. The Morgan fingerprint density at radius 1 is 1.05 bits per heavy atom. The van der Waals surface area contributed by atoms with Crippen molar-refractivity contribution in [2.45, 2.75) is 53.0 Å². The first-order chi connectivity index (χ1) is 10.2. The molecule has 0 aliphatic rings. The highest BCUT2D eigenvalue weighted by Gasteiger charge is 2.26. The van der Waals surface area contributed by atoms with Crippen LogP contribution < -0.4 is 5.32 Å². The van der Waals surface area contributed by atoms with E-state index in [2.05, 4.69) is 19.2 Å². The van der Waals surface area contributed by atoms with Gasteiger partial charge in [0.15, 0.2) is 0 Å². The van der Waals surface area contributed by atoms with Crippen molar-refractivity contribution in [2.75, 3.05) is 0 Å². The van der Waals surface area contributed by atoms with Gasteiger partial charge in [0.1, 0.15) is 6.04 Å². The number of carbonyl (C=O) groups is 2. The van der Waals surface area contributed by atoms with Gasteiger partial charge in [-0.2, -0.15) is 0 Å². The maximum Gasteiger partial charge on any atom is 0.326 e. The highest BCUT2D eigenvalue weighted by Crippen LogP contribution is 2.18. The van der Waals surface area contributed by atoms with Gasteiger partial charge in [-0.15, -0.1) is 0 Å². The van der Waals surface area contributed by atoms with E-state index in [1.165, 1.54) is 5.56 Å². The molecule has 0 spiro atoms. The van der Waals surface area contributed by atoms with Crippen molar-refractivity contribution in [1.82, 2.24) is 5.32 Å². The molecule has 0 bridgehead atoms. The molecule has 2 atom stereocenters. The van der Waals surface area contributed by atoms with Crippen LogP contribution in [0.3, 0.4) is 0 Å². The topological polar surface area (TPSA) is 66.4 Å². The molecule has 0 aliphatic carbocycles. The molecule has 1 aromatic carbocycles. The van der Waals surface area contributed by atoms with Crippen molar-refractivity contribution >= 4 is 11.9 Å². The lowest BCUT2D eigenvalue weighted by molar-refractivity contribution is -0.143. The number of hydrogen-bond donors (Lipinski definition) is 2. The Bertz CT molecular complexity index is 506. The normalized spacial score (nSPS) is 14.0. The van der Waals surface area contributed by atoms with E-state index >= 15 is 0 Å². The zero-order valence-electron chi connectivity index (χ0n) is 14.1. The Balaban J connectivity index is 2.76. The zero-order chi connectivity index (χ0) is 16.9. The Hall–Kier alpha value is -1.84. The van der Waals surface area contributed by atoms with E-state index in [4.69, 9.17) is 5.11 Å². The van der Waals surface area contributed by atoms with Gasteiger partial charge in [0.2, 0.25) is 5.91 Å². The molecule has 122 valence electrons. The second-order valence-corrected chi connectivity index (χ2v) is 6.63. The molecule has 1 rings (SSSR count). The van der Waals surface area contributed by atoms with Crippen LogP contribution in [-0.2, 0) is 16.0 Å². The maximum absolute atomic E-state index is 12.3. The molecule has 0 fully saturated rings. The van der Waals surface area contributed by atoms with E-state index in [0.717, 1.165) is 12.0 Å². The molecule has 1 unspecified atom stereocenters. The van der Waals surface area contributed by atoms with Crippen LogP contribution in [0.2, 0.25) is 0 Å². The molecular formula is C18H27NO3. The van der Waals surface area contributed by atoms with Crippen molar-refractivity contribution in [1.29, 1.82) is 0 Å². The molecule has 4 heteroatoms. The molecule has 0 saturated carbocycles. The van der Waals surface area contributed by atoms with Crippen LogP contribution in [0.25, 0.3) is 0 Å². The van der Waals surface area contributed by atoms with Gasteiger partial charge in [0.25, 0.3) is 0 Å². The Kier molecular flexibility index (Phi) is 6.60. The third-order valence-corrected chi connectivity index (χ3v) is 3.75. The first-order valence-corrected chi connectivity index (χ1v) is 7.84. The summed E-state index contributed by atoms with van der Waals surface area (Å²) < 4.78 is 0. The van der Waals surface area contributed by atoms with Crippen LogP contribution in [0.5, 0.6) is 0 Å². The van der Waals surface area contributed by atoms with Crippen LogP contribution in [0.4, 0.5) is 0 Å². The van der Waals surface area contributed by atoms with E-state index < -0.39 is 12.0 Å². The Labute approximate surface area is 132 Å². The summed E-state index contributed by atoms with van der Waals surface area (Å²) in [7, 11) is 0. The molecule has 0 aromatic heterocycles. The number of rotatable bonds is 7. The number of amides is 1. The van der Waals surface area contributed by atoms with E-state index in [-0.39, 0.29) is 17.7 Å². The van der Waals surface area contributed by atoms with Gasteiger partial charge in [-0.3, -0.25) is 4.79 Å². The van der Waals surface area contributed by atoms with Crippen molar-refractivity contribution in [3.05, 3.63) is 35.4 Å². The summed E-state index contributed by atoms with van der Waals surface area (Å²) in [4.78, 5) is 23.4. The number of nitrogens with one attached hydrogen (secondary N) is 1. The second kappa shape index (κ2) is 7.97. The molecule has 1 amide bonds. The number of carbonyl (C=O) groups excluding carboxylic acids is 1. The third kappa shape index (κ3) is 5.17. The van der Waals surface area contributed by atoms with Crippen LogP contribution in [0, 0.1) is 11.8 Å². The van der Waals surface area contributed by atoms with E-state index in [1.807, 2.05) is 24.3 Å². The molecule has 0 radical (unpaired) electrons. The second-order valence-electron chi connectivity index (χ2n) is 6.63. The SMILES string of the molecule is CC(C)Cc1ccc(C(C)C(=O)N[C@H](C(=O)O)C(C)C)cc1. The quantitative estimate of drug-likeness (QED) is 0.813. The highest BCUT2D eigenvalue weighted by molar-refractivity contribution is 5.87. The first-order valence-electron chi connectivity index (χ1n) is 7.84. The fraction of sp³-hybridized carbons (Fsp3) is 0.556. The lowest BCUT2D eigenvalue weighted by Gasteiger charge is -2.21. The number of hydrogen-bond acceptors (Lipinski definition) is 2. The largest absolute Gasteiger partial charge is 0.480 e. The lowest BCUT2D eigenvalue weighted by atomic mass is 9.95. The molecule has 22 heavy (non-hydrogen) atoms. The number of carboxylic acids is 1. The summed E-state index contributed by atoms with van der Waals surface area (Å²) in [5, 5.41) is 11.8. The summed E-state index contributed by atoms with van der Waals surface area (Å²) in [5.74, 6) is -1.18. The summed E-state index contributed by atoms with van der Waals surface area (Å²) in [6.45, 7) is 9.70. The number of aliphatic carboxylic acids is 1. The molecule has 0 heterocycles. The van der Waals surface area contributed by atoms with Gasteiger partial charge in [-0.1, -0.05) is 52.0 Å². The van der Waals surface area contributed by atoms with Gasteiger partial charge in [-0.05, 0) is 36.3 Å². The summed E-state index contributed by atoms with van der Waals surface area (Å²) in [6, 6.07) is 7.13. The maximum atomic E-state index is 12.3.